The zero-order valence-electron chi connectivity index (χ0n) is 7.82. The minimum atomic E-state index is -0.364. The van der Waals surface area contributed by atoms with Gasteiger partial charge in [0.2, 0.25) is 0 Å². The predicted molar refractivity (Wildman–Crippen MR) is 54.0 cm³/mol. The maximum absolute atomic E-state index is 9.67. The molecule has 78 valence electrons. The van der Waals surface area contributed by atoms with Crippen LogP contribution < -0.4 is 0 Å². The molecule has 0 spiro atoms. The van der Waals surface area contributed by atoms with Crippen molar-refractivity contribution in [2.75, 3.05) is 24.7 Å². The number of hydrogen-bond donors (Lipinski definition) is 2. The first-order valence-corrected chi connectivity index (χ1v) is 5.98. The van der Waals surface area contributed by atoms with Crippen molar-refractivity contribution in [2.45, 2.75) is 31.5 Å². The van der Waals surface area contributed by atoms with Crippen molar-refractivity contribution in [3.8, 4) is 0 Å². The van der Waals surface area contributed by atoms with Gasteiger partial charge in [-0.2, -0.15) is 11.8 Å². The summed E-state index contributed by atoms with van der Waals surface area (Å²) >= 11 is 1.57. The molecule has 3 nitrogen and oxygen atoms in total. The van der Waals surface area contributed by atoms with Gasteiger partial charge < -0.3 is 14.9 Å². The average Bonchev–Trinajstić information content (AvgIpc) is 2.19. The Kier molecular flexibility index (Phi) is 5.78. The first kappa shape index (κ1) is 11.3. The smallest absolute Gasteiger partial charge is 0.0891 e. The maximum atomic E-state index is 9.67. The van der Waals surface area contributed by atoms with Crippen molar-refractivity contribution < 1.29 is 14.9 Å². The summed E-state index contributed by atoms with van der Waals surface area (Å²) in [6, 6.07) is 0. The normalized spacial score (nSPS) is 25.8. The van der Waals surface area contributed by atoms with Gasteiger partial charge in [0.25, 0.3) is 0 Å². The van der Waals surface area contributed by atoms with Crippen LogP contribution in [-0.2, 0) is 4.74 Å². The van der Waals surface area contributed by atoms with Crippen molar-refractivity contribution in [1.29, 1.82) is 0 Å². The molecule has 1 saturated heterocycles. The summed E-state index contributed by atoms with van der Waals surface area (Å²) in [5.74, 6) is 1.37. The van der Waals surface area contributed by atoms with E-state index < -0.39 is 0 Å². The molecule has 2 atom stereocenters. The van der Waals surface area contributed by atoms with Gasteiger partial charge in [-0.05, 0) is 19.3 Å². The van der Waals surface area contributed by atoms with Gasteiger partial charge in [-0.1, -0.05) is 0 Å². The first-order chi connectivity index (χ1) is 6.34. The Balaban J connectivity index is 2.09. The molecule has 13 heavy (non-hydrogen) atoms. The van der Waals surface area contributed by atoms with E-state index in [-0.39, 0.29) is 18.8 Å². The minimum absolute atomic E-state index is 0.0277. The molecule has 0 saturated carbocycles. The lowest BCUT2D eigenvalue weighted by Crippen LogP contribution is -2.34. The quantitative estimate of drug-likeness (QED) is 0.648. The fourth-order valence-corrected chi connectivity index (χ4v) is 2.20. The molecule has 1 aliphatic heterocycles. The number of thioether (sulfide) groups is 1. The lowest BCUT2D eigenvalue weighted by atomic mass is 10.1. The molecule has 0 aromatic heterocycles. The van der Waals surface area contributed by atoms with Crippen molar-refractivity contribution in [2.24, 2.45) is 0 Å². The SMILES string of the molecule is OCCSCC(O)C1CCCCO1. The molecule has 1 fully saturated rings. The second-order valence-electron chi connectivity index (χ2n) is 3.27. The van der Waals surface area contributed by atoms with E-state index in [1.54, 1.807) is 11.8 Å². The molecule has 1 heterocycles. The van der Waals surface area contributed by atoms with Crippen LogP contribution in [0, 0.1) is 0 Å². The number of hydrogen-bond acceptors (Lipinski definition) is 4. The van der Waals surface area contributed by atoms with Crippen LogP contribution in [0.4, 0.5) is 0 Å². The fourth-order valence-electron chi connectivity index (χ4n) is 1.45. The van der Waals surface area contributed by atoms with Gasteiger partial charge in [0, 0.05) is 18.1 Å². The van der Waals surface area contributed by atoms with Crippen molar-refractivity contribution in [3.05, 3.63) is 0 Å². The third-order valence-electron chi connectivity index (χ3n) is 2.17. The van der Waals surface area contributed by atoms with E-state index in [9.17, 15) is 5.11 Å². The van der Waals surface area contributed by atoms with Gasteiger partial charge in [-0.3, -0.25) is 0 Å². The Morgan fingerprint density at radius 1 is 1.46 bits per heavy atom. The fraction of sp³-hybridized carbons (Fsp3) is 1.00. The minimum Gasteiger partial charge on any atom is -0.396 e. The molecular weight excluding hydrogens is 188 g/mol. The van der Waals surface area contributed by atoms with Crippen molar-refractivity contribution in [1.82, 2.24) is 0 Å². The van der Waals surface area contributed by atoms with Crippen LogP contribution in [0.2, 0.25) is 0 Å². The van der Waals surface area contributed by atoms with Gasteiger partial charge in [-0.25, -0.2) is 0 Å². The largest absolute Gasteiger partial charge is 0.396 e. The molecule has 2 N–H and O–H groups in total. The zero-order valence-corrected chi connectivity index (χ0v) is 8.63. The van der Waals surface area contributed by atoms with Crippen LogP contribution in [0.1, 0.15) is 19.3 Å². The maximum Gasteiger partial charge on any atom is 0.0891 e. The highest BCUT2D eigenvalue weighted by Gasteiger charge is 2.21. The van der Waals surface area contributed by atoms with Gasteiger partial charge >= 0.3 is 0 Å². The molecule has 1 rings (SSSR count). The summed E-state index contributed by atoms with van der Waals surface area (Å²) in [7, 11) is 0. The van der Waals surface area contributed by atoms with Gasteiger partial charge in [-0.15, -0.1) is 0 Å². The Labute approximate surface area is 83.5 Å². The summed E-state index contributed by atoms with van der Waals surface area (Å²) in [4.78, 5) is 0. The number of aliphatic hydroxyl groups is 2. The second kappa shape index (κ2) is 6.65. The Hall–Kier alpha value is 0.230. The standard InChI is InChI=1S/C9H18O3S/c10-4-6-13-7-8(11)9-3-1-2-5-12-9/h8-11H,1-7H2. The van der Waals surface area contributed by atoms with Crippen LogP contribution in [0.15, 0.2) is 0 Å². The van der Waals surface area contributed by atoms with E-state index in [0.29, 0.717) is 11.5 Å². The molecule has 0 aromatic carbocycles. The topological polar surface area (TPSA) is 49.7 Å². The highest BCUT2D eigenvalue weighted by molar-refractivity contribution is 7.99. The Morgan fingerprint density at radius 3 is 2.92 bits per heavy atom. The van der Waals surface area contributed by atoms with Crippen molar-refractivity contribution >= 4 is 11.8 Å². The summed E-state index contributed by atoms with van der Waals surface area (Å²) in [5, 5.41) is 18.2. The van der Waals surface area contributed by atoms with Gasteiger partial charge in [0.1, 0.15) is 0 Å². The Morgan fingerprint density at radius 2 is 2.31 bits per heavy atom. The Bertz CT molecular complexity index is 126. The molecule has 0 aromatic rings. The van der Waals surface area contributed by atoms with E-state index in [4.69, 9.17) is 9.84 Å². The van der Waals surface area contributed by atoms with Crippen molar-refractivity contribution in [3.63, 3.8) is 0 Å². The molecule has 2 unspecified atom stereocenters. The molecule has 0 radical (unpaired) electrons. The highest BCUT2D eigenvalue weighted by Crippen LogP contribution is 2.18. The third-order valence-corrected chi connectivity index (χ3v) is 3.22. The number of rotatable bonds is 5. The van der Waals surface area contributed by atoms with E-state index in [0.717, 1.165) is 25.9 Å². The highest BCUT2D eigenvalue weighted by atomic mass is 32.2. The number of aliphatic hydroxyl groups excluding tert-OH is 2. The molecule has 0 bridgehead atoms. The molecule has 0 amide bonds. The molecule has 1 aliphatic rings. The average molecular weight is 206 g/mol. The predicted octanol–water partition coefficient (Wildman–Crippen LogP) is 0.642. The summed E-state index contributed by atoms with van der Waals surface area (Å²) < 4.78 is 5.44. The lowest BCUT2D eigenvalue weighted by Gasteiger charge is -2.26. The van der Waals surface area contributed by atoms with Crippen LogP contribution in [0.3, 0.4) is 0 Å². The van der Waals surface area contributed by atoms with Crippen LogP contribution in [0.5, 0.6) is 0 Å². The van der Waals surface area contributed by atoms with Gasteiger partial charge in [0.05, 0.1) is 18.8 Å². The van der Waals surface area contributed by atoms with E-state index in [2.05, 4.69) is 0 Å². The zero-order chi connectivity index (χ0) is 9.52. The second-order valence-corrected chi connectivity index (χ2v) is 4.42. The van der Waals surface area contributed by atoms with E-state index in [1.807, 2.05) is 0 Å². The van der Waals surface area contributed by atoms with Crippen LogP contribution in [-0.4, -0.2) is 47.1 Å². The molecular formula is C9H18O3S. The first-order valence-electron chi connectivity index (χ1n) is 4.83. The monoisotopic (exact) mass is 206 g/mol. The third kappa shape index (κ3) is 4.31. The number of ether oxygens (including phenoxy) is 1. The van der Waals surface area contributed by atoms with Crippen LogP contribution >= 0.6 is 11.8 Å². The van der Waals surface area contributed by atoms with E-state index >= 15 is 0 Å². The summed E-state index contributed by atoms with van der Waals surface area (Å²) in [6.07, 6.45) is 2.91. The van der Waals surface area contributed by atoms with Crippen LogP contribution in [0.25, 0.3) is 0 Å². The molecule has 4 heteroatoms. The summed E-state index contributed by atoms with van der Waals surface area (Å²) in [6.45, 7) is 0.968. The van der Waals surface area contributed by atoms with E-state index in [1.165, 1.54) is 0 Å². The molecule has 0 aliphatic carbocycles. The lowest BCUT2D eigenvalue weighted by molar-refractivity contribution is -0.0527. The summed E-state index contributed by atoms with van der Waals surface area (Å²) in [5.41, 5.74) is 0. The van der Waals surface area contributed by atoms with Gasteiger partial charge in [0.15, 0.2) is 0 Å².